The largest absolute Gasteiger partial charge is 0.468 e. The van der Waals surface area contributed by atoms with Crippen molar-refractivity contribution in [3.63, 3.8) is 0 Å². The van der Waals surface area contributed by atoms with Gasteiger partial charge in [-0.2, -0.15) is 5.10 Å². The molecule has 4 fully saturated rings. The van der Waals surface area contributed by atoms with Gasteiger partial charge in [-0.15, -0.1) is 0 Å². The van der Waals surface area contributed by atoms with Crippen LogP contribution >= 0.6 is 0 Å². The molecule has 1 amide bonds. The highest BCUT2D eigenvalue weighted by Gasteiger charge is 2.61. The summed E-state index contributed by atoms with van der Waals surface area (Å²) in [5, 5.41) is 7.65. The SMILES string of the molecule is COC(=O)C1(Cc2ccc3nc([C@@H](N)C4CCC(C)CC4)cn3n2)C(=O)NC2CC1C2. The van der Waals surface area contributed by atoms with E-state index in [9.17, 15) is 9.59 Å². The van der Waals surface area contributed by atoms with Crippen LogP contribution in [-0.2, 0) is 20.7 Å². The lowest BCUT2D eigenvalue weighted by atomic mass is 9.57. The monoisotopic (exact) mass is 425 g/mol. The normalized spacial score (nSPS) is 33.5. The summed E-state index contributed by atoms with van der Waals surface area (Å²) >= 11 is 0. The Morgan fingerprint density at radius 2 is 2.06 bits per heavy atom. The third-order valence-corrected chi connectivity index (χ3v) is 7.89. The first-order chi connectivity index (χ1) is 14.9. The lowest BCUT2D eigenvalue weighted by Gasteiger charge is -2.52. The second kappa shape index (κ2) is 7.58. The number of imidazole rings is 1. The third-order valence-electron chi connectivity index (χ3n) is 7.89. The Balaban J connectivity index is 1.41. The van der Waals surface area contributed by atoms with E-state index in [0.29, 0.717) is 11.6 Å². The molecule has 8 heteroatoms. The molecule has 0 spiro atoms. The summed E-state index contributed by atoms with van der Waals surface area (Å²) in [6, 6.07) is 3.82. The number of hydrogen-bond donors (Lipinski definition) is 2. The average molecular weight is 426 g/mol. The van der Waals surface area contributed by atoms with Crippen LogP contribution in [0.2, 0.25) is 0 Å². The van der Waals surface area contributed by atoms with Crippen LogP contribution < -0.4 is 11.1 Å². The van der Waals surface area contributed by atoms with Gasteiger partial charge < -0.3 is 15.8 Å². The maximum Gasteiger partial charge on any atom is 0.322 e. The molecule has 4 heterocycles. The van der Waals surface area contributed by atoms with Gasteiger partial charge in [-0.1, -0.05) is 19.8 Å². The van der Waals surface area contributed by atoms with Crippen LogP contribution in [0.4, 0.5) is 0 Å². The molecule has 1 unspecified atom stereocenters. The van der Waals surface area contributed by atoms with Crippen LogP contribution in [0, 0.1) is 23.2 Å². The van der Waals surface area contributed by atoms with E-state index in [-0.39, 0.29) is 30.3 Å². The van der Waals surface area contributed by atoms with E-state index in [2.05, 4.69) is 17.3 Å². The van der Waals surface area contributed by atoms with E-state index in [1.54, 1.807) is 4.52 Å². The number of hydrogen-bond acceptors (Lipinski definition) is 6. The van der Waals surface area contributed by atoms with Crippen molar-refractivity contribution in [2.45, 2.75) is 64.0 Å². The number of ether oxygens (including phenoxy) is 1. The highest BCUT2D eigenvalue weighted by molar-refractivity contribution is 6.04. The number of rotatable bonds is 5. The molecule has 2 aromatic heterocycles. The fraction of sp³-hybridized carbons (Fsp3) is 0.652. The molecule has 3 N–H and O–H groups in total. The number of piperidine rings is 2. The zero-order valence-electron chi connectivity index (χ0n) is 18.2. The summed E-state index contributed by atoms with van der Waals surface area (Å²) in [5.41, 5.74) is 7.61. The van der Waals surface area contributed by atoms with Crippen molar-refractivity contribution in [2.24, 2.45) is 28.9 Å². The Labute approximate surface area is 181 Å². The first-order valence-electron chi connectivity index (χ1n) is 11.4. The Hall–Kier alpha value is -2.48. The summed E-state index contributed by atoms with van der Waals surface area (Å²) in [7, 11) is 1.34. The van der Waals surface area contributed by atoms with E-state index in [1.165, 1.54) is 20.0 Å². The van der Waals surface area contributed by atoms with Gasteiger partial charge in [0.1, 0.15) is 0 Å². The molecule has 2 saturated carbocycles. The molecule has 8 nitrogen and oxygen atoms in total. The highest BCUT2D eigenvalue weighted by Crippen LogP contribution is 2.49. The number of fused-ring (bicyclic) bond motifs is 3. The first-order valence-corrected chi connectivity index (χ1v) is 11.4. The molecule has 2 bridgehead atoms. The van der Waals surface area contributed by atoms with Gasteiger partial charge in [0, 0.05) is 12.5 Å². The molecule has 0 radical (unpaired) electrons. The topological polar surface area (TPSA) is 112 Å². The van der Waals surface area contributed by atoms with E-state index in [0.717, 1.165) is 42.9 Å². The number of methoxy groups -OCH3 is 1. The minimum Gasteiger partial charge on any atom is -0.468 e. The molecule has 31 heavy (non-hydrogen) atoms. The second-order valence-electron chi connectivity index (χ2n) is 9.82. The minimum absolute atomic E-state index is 0.00309. The van der Waals surface area contributed by atoms with E-state index in [1.807, 2.05) is 18.3 Å². The lowest BCUT2D eigenvalue weighted by molar-refractivity contribution is -0.173. The zero-order valence-corrected chi connectivity index (χ0v) is 18.2. The van der Waals surface area contributed by atoms with Gasteiger partial charge in [-0.05, 0) is 55.6 Å². The predicted octanol–water partition coefficient (Wildman–Crippen LogP) is 2.17. The highest BCUT2D eigenvalue weighted by atomic mass is 16.5. The van der Waals surface area contributed by atoms with Crippen LogP contribution in [-0.4, -0.2) is 39.6 Å². The molecule has 2 saturated heterocycles. The quantitative estimate of drug-likeness (QED) is 0.561. The van der Waals surface area contributed by atoms with Crippen LogP contribution in [0.5, 0.6) is 0 Å². The standard InChI is InChI=1S/C23H31N5O3/c1-13-3-5-14(6-4-13)20(24)18-12-28-19(26-18)8-7-16(27-28)11-23(22(30)31-2)15-9-17(10-15)25-21(23)29/h7-8,12-15,17,20H,3-6,9-11,24H2,1-2H3,(H,25,29)/t13?,14?,15?,17?,20-,23?/m0/s1. The van der Waals surface area contributed by atoms with Crippen LogP contribution in [0.1, 0.15) is 62.9 Å². The molecule has 2 aliphatic carbocycles. The maximum atomic E-state index is 12.8. The summed E-state index contributed by atoms with van der Waals surface area (Å²) in [6.45, 7) is 2.30. The number of aromatic nitrogens is 3. The number of nitrogens with zero attached hydrogens (tertiary/aromatic N) is 3. The molecule has 2 atom stereocenters. The average Bonchev–Trinajstić information content (AvgIpc) is 3.17. The van der Waals surface area contributed by atoms with E-state index in [4.69, 9.17) is 15.5 Å². The summed E-state index contributed by atoms with van der Waals surface area (Å²) < 4.78 is 6.79. The van der Waals surface area contributed by atoms with E-state index >= 15 is 0 Å². The smallest absolute Gasteiger partial charge is 0.322 e. The third kappa shape index (κ3) is 3.32. The molecular formula is C23H31N5O3. The maximum absolute atomic E-state index is 12.8. The zero-order chi connectivity index (χ0) is 21.8. The van der Waals surface area contributed by atoms with Gasteiger partial charge in [0.25, 0.3) is 0 Å². The molecule has 2 aromatic rings. The van der Waals surface area contributed by atoms with Crippen molar-refractivity contribution in [2.75, 3.05) is 7.11 Å². The molecule has 2 aliphatic heterocycles. The van der Waals surface area contributed by atoms with Crippen molar-refractivity contribution in [3.05, 3.63) is 29.7 Å². The van der Waals surface area contributed by atoms with Crippen molar-refractivity contribution in [1.82, 2.24) is 19.9 Å². The second-order valence-corrected chi connectivity index (χ2v) is 9.82. The van der Waals surface area contributed by atoms with Crippen molar-refractivity contribution in [1.29, 1.82) is 0 Å². The number of nitrogens with two attached hydrogens (primary N) is 1. The molecule has 0 aromatic carbocycles. The van der Waals surface area contributed by atoms with Crippen LogP contribution in [0.3, 0.4) is 0 Å². The van der Waals surface area contributed by atoms with Crippen molar-refractivity contribution < 1.29 is 14.3 Å². The Morgan fingerprint density at radius 1 is 1.32 bits per heavy atom. The van der Waals surface area contributed by atoms with Gasteiger partial charge in [-0.3, -0.25) is 9.59 Å². The lowest BCUT2D eigenvalue weighted by Crippen LogP contribution is -2.67. The van der Waals surface area contributed by atoms with Gasteiger partial charge in [0.15, 0.2) is 11.1 Å². The number of esters is 1. The summed E-state index contributed by atoms with van der Waals surface area (Å²) in [6.07, 6.45) is 8.44. The van der Waals surface area contributed by atoms with Crippen LogP contribution in [0.15, 0.2) is 18.3 Å². The number of carbonyl (C=O) groups excluding carboxylic acids is 2. The van der Waals surface area contributed by atoms with Gasteiger partial charge in [-0.25, -0.2) is 9.50 Å². The van der Waals surface area contributed by atoms with E-state index < -0.39 is 11.4 Å². The van der Waals surface area contributed by atoms with Gasteiger partial charge in [0.2, 0.25) is 5.91 Å². The van der Waals surface area contributed by atoms with Crippen molar-refractivity contribution >= 4 is 17.5 Å². The van der Waals surface area contributed by atoms with Gasteiger partial charge >= 0.3 is 5.97 Å². The summed E-state index contributed by atoms with van der Waals surface area (Å²) in [5.74, 6) is 0.500. The Morgan fingerprint density at radius 3 is 2.74 bits per heavy atom. The van der Waals surface area contributed by atoms with Gasteiger partial charge in [0.05, 0.1) is 30.7 Å². The molecule has 166 valence electrons. The number of amides is 1. The van der Waals surface area contributed by atoms with Crippen LogP contribution in [0.25, 0.3) is 5.65 Å². The Bertz CT molecular complexity index is 996. The molecule has 4 aliphatic rings. The van der Waals surface area contributed by atoms with Crippen molar-refractivity contribution in [3.8, 4) is 0 Å². The number of carbonyl (C=O) groups is 2. The minimum atomic E-state index is -1.21. The summed E-state index contributed by atoms with van der Waals surface area (Å²) in [4.78, 5) is 30.3. The Kier molecular flexibility index (Phi) is 5.00. The predicted molar refractivity (Wildman–Crippen MR) is 114 cm³/mol. The fourth-order valence-corrected chi connectivity index (χ4v) is 5.74. The first kappa shape index (κ1) is 20.4. The fourth-order valence-electron chi connectivity index (χ4n) is 5.74. The molecule has 6 rings (SSSR count). The molecular weight excluding hydrogens is 394 g/mol. The number of nitrogens with one attached hydrogen (secondary N) is 1.